The zero-order valence-electron chi connectivity index (χ0n) is 12.0. The number of aryl methyl sites for hydroxylation is 1. The van der Waals surface area contributed by atoms with Crippen LogP contribution in [0.25, 0.3) is 11.1 Å². The minimum atomic E-state index is 0.564. The summed E-state index contributed by atoms with van der Waals surface area (Å²) in [6.07, 6.45) is 0. The highest BCUT2D eigenvalue weighted by atomic mass is 14.4. The monoisotopic (exact) mass is 271 g/mol. The fourth-order valence-electron chi connectivity index (χ4n) is 2.45. The molecular weight excluding hydrogens is 254 g/mol. The predicted molar refractivity (Wildman–Crippen MR) is 89.0 cm³/mol. The van der Waals surface area contributed by atoms with E-state index in [0.29, 0.717) is 5.71 Å². The first-order valence-electron chi connectivity index (χ1n) is 7.06. The normalized spacial score (nSPS) is 10.3. The highest BCUT2D eigenvalue weighted by molar-refractivity contribution is 6.14. The van der Waals surface area contributed by atoms with Crippen LogP contribution in [0.1, 0.15) is 16.7 Å². The smallest absolute Gasteiger partial charge is 0.0690 e. The van der Waals surface area contributed by atoms with Gasteiger partial charge in [-0.25, -0.2) is 0 Å². The van der Waals surface area contributed by atoms with Crippen molar-refractivity contribution in [2.75, 3.05) is 0 Å². The van der Waals surface area contributed by atoms with Gasteiger partial charge in [0, 0.05) is 11.1 Å². The van der Waals surface area contributed by atoms with Crippen LogP contribution in [-0.4, -0.2) is 5.71 Å². The van der Waals surface area contributed by atoms with Crippen molar-refractivity contribution < 1.29 is 0 Å². The first kappa shape index (κ1) is 13.3. The van der Waals surface area contributed by atoms with E-state index in [2.05, 4.69) is 37.3 Å². The van der Waals surface area contributed by atoms with Crippen molar-refractivity contribution in [1.29, 1.82) is 5.41 Å². The minimum Gasteiger partial charge on any atom is -0.300 e. The third kappa shape index (κ3) is 2.77. The zero-order valence-corrected chi connectivity index (χ0v) is 12.0. The predicted octanol–water partition coefficient (Wildman–Crippen LogP) is 5.08. The second-order valence-electron chi connectivity index (χ2n) is 5.15. The highest BCUT2D eigenvalue weighted by Gasteiger charge is 2.10. The fraction of sp³-hybridized carbons (Fsp3) is 0.0500. The average Bonchev–Trinajstić information content (AvgIpc) is 2.56. The molecule has 0 aliphatic carbocycles. The van der Waals surface area contributed by atoms with E-state index in [4.69, 9.17) is 5.41 Å². The molecule has 1 heteroatoms. The quantitative estimate of drug-likeness (QED) is 0.642. The average molecular weight is 271 g/mol. The summed E-state index contributed by atoms with van der Waals surface area (Å²) in [5.74, 6) is 0. The maximum atomic E-state index is 8.53. The largest absolute Gasteiger partial charge is 0.300 e. The molecule has 0 amide bonds. The van der Waals surface area contributed by atoms with E-state index in [1.165, 1.54) is 5.56 Å². The third-order valence-electron chi connectivity index (χ3n) is 3.62. The Morgan fingerprint density at radius 3 is 2.05 bits per heavy atom. The topological polar surface area (TPSA) is 23.9 Å². The Bertz CT molecular complexity index is 755. The van der Waals surface area contributed by atoms with Crippen LogP contribution in [0, 0.1) is 12.3 Å². The molecule has 0 saturated carbocycles. The Kier molecular flexibility index (Phi) is 3.65. The van der Waals surface area contributed by atoms with E-state index in [1.807, 2.05) is 48.5 Å². The van der Waals surface area contributed by atoms with Gasteiger partial charge in [-0.2, -0.15) is 0 Å². The number of rotatable bonds is 3. The molecule has 0 saturated heterocycles. The van der Waals surface area contributed by atoms with Crippen LogP contribution in [0.4, 0.5) is 0 Å². The minimum absolute atomic E-state index is 0.564. The van der Waals surface area contributed by atoms with Crippen molar-refractivity contribution in [1.82, 2.24) is 0 Å². The summed E-state index contributed by atoms with van der Waals surface area (Å²) in [7, 11) is 0. The molecule has 0 bridgehead atoms. The van der Waals surface area contributed by atoms with E-state index in [0.717, 1.165) is 22.3 Å². The highest BCUT2D eigenvalue weighted by Crippen LogP contribution is 2.25. The molecule has 0 aliphatic rings. The molecule has 1 N–H and O–H groups in total. The van der Waals surface area contributed by atoms with Gasteiger partial charge in [0.15, 0.2) is 0 Å². The van der Waals surface area contributed by atoms with Gasteiger partial charge in [-0.3, -0.25) is 5.41 Å². The van der Waals surface area contributed by atoms with Crippen molar-refractivity contribution in [2.24, 2.45) is 0 Å². The standard InChI is InChI=1S/C20H17N/c1-15-11-13-17(14-12-15)20(21)19-10-6-5-9-18(19)16-7-3-2-4-8-16/h2-14,21H,1H3. The summed E-state index contributed by atoms with van der Waals surface area (Å²) in [5, 5.41) is 8.53. The SMILES string of the molecule is Cc1ccc(C(=N)c2ccccc2-c2ccccc2)cc1. The summed E-state index contributed by atoms with van der Waals surface area (Å²) in [6, 6.07) is 26.5. The maximum Gasteiger partial charge on any atom is 0.0690 e. The van der Waals surface area contributed by atoms with Crippen molar-refractivity contribution in [2.45, 2.75) is 6.92 Å². The van der Waals surface area contributed by atoms with Crippen LogP contribution in [0.2, 0.25) is 0 Å². The summed E-state index contributed by atoms with van der Waals surface area (Å²) >= 11 is 0. The molecule has 102 valence electrons. The van der Waals surface area contributed by atoms with Crippen molar-refractivity contribution in [3.05, 3.63) is 95.6 Å². The number of nitrogens with one attached hydrogen (secondary N) is 1. The maximum absolute atomic E-state index is 8.53. The molecule has 0 unspecified atom stereocenters. The van der Waals surface area contributed by atoms with Gasteiger partial charge in [0.05, 0.1) is 5.71 Å². The van der Waals surface area contributed by atoms with Gasteiger partial charge in [-0.05, 0) is 18.1 Å². The molecule has 1 nitrogen and oxygen atoms in total. The molecule has 3 rings (SSSR count). The Balaban J connectivity index is 2.07. The van der Waals surface area contributed by atoms with Gasteiger partial charge in [0.2, 0.25) is 0 Å². The first-order valence-corrected chi connectivity index (χ1v) is 7.06. The lowest BCUT2D eigenvalue weighted by molar-refractivity contribution is 1.42. The molecule has 3 aromatic rings. The Labute approximate surface area is 125 Å². The van der Waals surface area contributed by atoms with Crippen LogP contribution in [0.3, 0.4) is 0 Å². The van der Waals surface area contributed by atoms with Gasteiger partial charge in [0.1, 0.15) is 0 Å². The van der Waals surface area contributed by atoms with E-state index in [-0.39, 0.29) is 0 Å². The summed E-state index contributed by atoms with van der Waals surface area (Å²) in [4.78, 5) is 0. The number of benzene rings is 3. The zero-order chi connectivity index (χ0) is 14.7. The summed E-state index contributed by atoms with van der Waals surface area (Å²) in [6.45, 7) is 2.06. The molecule has 0 fully saturated rings. The van der Waals surface area contributed by atoms with Crippen LogP contribution in [0.5, 0.6) is 0 Å². The number of hydrogen-bond donors (Lipinski definition) is 1. The van der Waals surface area contributed by atoms with Crippen LogP contribution >= 0.6 is 0 Å². The third-order valence-corrected chi connectivity index (χ3v) is 3.62. The van der Waals surface area contributed by atoms with Crippen molar-refractivity contribution >= 4 is 5.71 Å². The molecule has 0 heterocycles. The van der Waals surface area contributed by atoms with Crippen molar-refractivity contribution in [3.63, 3.8) is 0 Å². The summed E-state index contributed by atoms with van der Waals surface area (Å²) < 4.78 is 0. The molecular formula is C20H17N. The molecule has 3 aromatic carbocycles. The van der Waals surface area contributed by atoms with E-state index in [1.54, 1.807) is 0 Å². The van der Waals surface area contributed by atoms with Crippen LogP contribution in [-0.2, 0) is 0 Å². The lowest BCUT2D eigenvalue weighted by Gasteiger charge is -2.11. The Hall–Kier alpha value is -2.67. The first-order chi connectivity index (χ1) is 10.3. The fourth-order valence-corrected chi connectivity index (χ4v) is 2.45. The van der Waals surface area contributed by atoms with E-state index < -0.39 is 0 Å². The van der Waals surface area contributed by atoms with Crippen LogP contribution in [0.15, 0.2) is 78.9 Å². The molecule has 0 aliphatic heterocycles. The second kappa shape index (κ2) is 5.76. The van der Waals surface area contributed by atoms with E-state index >= 15 is 0 Å². The van der Waals surface area contributed by atoms with Gasteiger partial charge in [0.25, 0.3) is 0 Å². The molecule has 0 radical (unpaired) electrons. The molecule has 21 heavy (non-hydrogen) atoms. The van der Waals surface area contributed by atoms with Gasteiger partial charge in [-0.15, -0.1) is 0 Å². The van der Waals surface area contributed by atoms with E-state index in [9.17, 15) is 0 Å². The second-order valence-corrected chi connectivity index (χ2v) is 5.15. The van der Waals surface area contributed by atoms with Gasteiger partial charge >= 0.3 is 0 Å². The molecule has 0 atom stereocenters. The lowest BCUT2D eigenvalue weighted by atomic mass is 9.93. The summed E-state index contributed by atoms with van der Waals surface area (Å²) in [5.41, 5.74) is 5.93. The Morgan fingerprint density at radius 1 is 0.714 bits per heavy atom. The number of hydrogen-bond acceptors (Lipinski definition) is 1. The lowest BCUT2D eigenvalue weighted by Crippen LogP contribution is -2.03. The molecule has 0 spiro atoms. The van der Waals surface area contributed by atoms with Crippen molar-refractivity contribution in [3.8, 4) is 11.1 Å². The van der Waals surface area contributed by atoms with Crippen LogP contribution < -0.4 is 0 Å². The Morgan fingerprint density at radius 2 is 1.33 bits per heavy atom. The molecule has 0 aromatic heterocycles. The van der Waals surface area contributed by atoms with Gasteiger partial charge < -0.3 is 0 Å². The van der Waals surface area contributed by atoms with Gasteiger partial charge in [-0.1, -0.05) is 84.4 Å².